The van der Waals surface area contributed by atoms with Gasteiger partial charge in [-0.05, 0) is 18.7 Å². The molecule has 0 bridgehead atoms. The first-order valence-electron chi connectivity index (χ1n) is 5.20. The highest BCUT2D eigenvalue weighted by molar-refractivity contribution is 7.16. The zero-order valence-electron chi connectivity index (χ0n) is 8.95. The van der Waals surface area contributed by atoms with Crippen LogP contribution in [0.5, 0.6) is 0 Å². The summed E-state index contributed by atoms with van der Waals surface area (Å²) in [5.41, 5.74) is 6.42. The predicted octanol–water partition coefficient (Wildman–Crippen LogP) is 0.749. The van der Waals surface area contributed by atoms with Gasteiger partial charge in [-0.25, -0.2) is 0 Å². The van der Waals surface area contributed by atoms with E-state index < -0.39 is 0 Å². The van der Waals surface area contributed by atoms with Crippen LogP contribution in [0.1, 0.15) is 5.01 Å². The number of rotatable bonds is 3. The van der Waals surface area contributed by atoms with Gasteiger partial charge in [-0.1, -0.05) is 11.3 Å². The molecular weight excluding hydrogens is 236 g/mol. The summed E-state index contributed by atoms with van der Waals surface area (Å²) < 4.78 is 1.74. The van der Waals surface area contributed by atoms with E-state index in [1.807, 2.05) is 12.1 Å². The average molecular weight is 246 g/mol. The maximum atomic E-state index is 5.51. The van der Waals surface area contributed by atoms with Crippen molar-refractivity contribution >= 4 is 16.3 Å². The lowest BCUT2D eigenvalue weighted by Gasteiger charge is -1.94. The number of nitrogens with two attached hydrogens (primary N) is 1. The van der Waals surface area contributed by atoms with Crippen LogP contribution in [0.2, 0.25) is 0 Å². The van der Waals surface area contributed by atoms with Crippen LogP contribution in [0.3, 0.4) is 0 Å². The van der Waals surface area contributed by atoms with Crippen LogP contribution in [0.4, 0.5) is 0 Å². The van der Waals surface area contributed by atoms with E-state index in [9.17, 15) is 0 Å². The fourth-order valence-electron chi connectivity index (χ4n) is 1.56. The first-order valence-corrected chi connectivity index (χ1v) is 6.01. The van der Waals surface area contributed by atoms with Crippen LogP contribution in [0.15, 0.2) is 24.5 Å². The maximum absolute atomic E-state index is 5.51. The van der Waals surface area contributed by atoms with E-state index in [1.165, 1.54) is 11.3 Å². The Bertz CT molecular complexity index is 629. The Labute approximate surface area is 101 Å². The number of hydrogen-bond donors (Lipinski definition) is 1. The number of aromatic nitrogens is 5. The van der Waals surface area contributed by atoms with E-state index in [1.54, 1.807) is 16.9 Å². The second-order valence-corrected chi connectivity index (χ2v) is 4.53. The molecule has 2 N–H and O–H groups in total. The van der Waals surface area contributed by atoms with Gasteiger partial charge < -0.3 is 5.73 Å². The summed E-state index contributed by atoms with van der Waals surface area (Å²) in [7, 11) is 0. The molecule has 3 heterocycles. The molecule has 0 fully saturated rings. The van der Waals surface area contributed by atoms with Crippen molar-refractivity contribution < 1.29 is 0 Å². The van der Waals surface area contributed by atoms with E-state index in [2.05, 4.69) is 20.3 Å². The monoisotopic (exact) mass is 246 g/mol. The zero-order valence-corrected chi connectivity index (χ0v) is 9.76. The normalized spacial score (nSPS) is 11.1. The van der Waals surface area contributed by atoms with Crippen LogP contribution in [0.25, 0.3) is 16.3 Å². The van der Waals surface area contributed by atoms with Crippen LogP contribution in [-0.4, -0.2) is 31.3 Å². The van der Waals surface area contributed by atoms with Gasteiger partial charge in [0.25, 0.3) is 0 Å². The first-order chi connectivity index (χ1) is 8.38. The Balaban J connectivity index is 2.11. The predicted molar refractivity (Wildman–Crippen MR) is 64.6 cm³/mol. The van der Waals surface area contributed by atoms with Crippen molar-refractivity contribution in [3.63, 3.8) is 0 Å². The topological polar surface area (TPSA) is 82.0 Å². The molecule has 0 amide bonds. The van der Waals surface area contributed by atoms with Gasteiger partial charge in [0.05, 0.1) is 0 Å². The van der Waals surface area contributed by atoms with E-state index >= 15 is 0 Å². The molecule has 17 heavy (non-hydrogen) atoms. The summed E-state index contributed by atoms with van der Waals surface area (Å²) in [5, 5.41) is 13.6. The zero-order chi connectivity index (χ0) is 11.7. The molecular formula is C10H10N6S. The van der Waals surface area contributed by atoms with Gasteiger partial charge in [0, 0.05) is 24.4 Å². The van der Waals surface area contributed by atoms with E-state index in [0.717, 1.165) is 22.0 Å². The average Bonchev–Trinajstić information content (AvgIpc) is 2.90. The molecule has 0 aliphatic carbocycles. The molecule has 0 aliphatic heterocycles. The minimum atomic E-state index is 0.590. The number of fused-ring (bicyclic) bond motifs is 1. The second-order valence-electron chi connectivity index (χ2n) is 3.49. The van der Waals surface area contributed by atoms with E-state index in [4.69, 9.17) is 5.73 Å². The lowest BCUT2D eigenvalue weighted by molar-refractivity contribution is 0.871. The van der Waals surface area contributed by atoms with Crippen molar-refractivity contribution in [3.05, 3.63) is 29.5 Å². The molecule has 0 aromatic carbocycles. The molecule has 3 aromatic heterocycles. The maximum Gasteiger partial charge on any atom is 0.234 e. The summed E-state index contributed by atoms with van der Waals surface area (Å²) in [6, 6.07) is 3.80. The molecule has 6 nitrogen and oxygen atoms in total. The molecule has 3 aromatic rings. The second kappa shape index (κ2) is 4.19. The van der Waals surface area contributed by atoms with E-state index in [-0.39, 0.29) is 0 Å². The van der Waals surface area contributed by atoms with Gasteiger partial charge in [-0.3, -0.25) is 4.98 Å². The van der Waals surface area contributed by atoms with Gasteiger partial charge in [0.2, 0.25) is 4.96 Å². The SMILES string of the molecule is NCCc1nn2c(-c3cccnc3)nnc2s1. The summed E-state index contributed by atoms with van der Waals surface area (Å²) in [4.78, 5) is 4.85. The van der Waals surface area contributed by atoms with Gasteiger partial charge in [0.1, 0.15) is 5.01 Å². The summed E-state index contributed by atoms with van der Waals surface area (Å²) in [6.45, 7) is 0.590. The highest BCUT2D eigenvalue weighted by Gasteiger charge is 2.12. The Hall–Kier alpha value is -1.86. The number of nitrogens with zero attached hydrogens (tertiary/aromatic N) is 5. The Kier molecular flexibility index (Phi) is 2.54. The standard InChI is InChI=1S/C10H10N6S/c11-4-3-8-15-16-9(13-14-10(16)17-8)7-2-1-5-12-6-7/h1-2,5-6H,3-4,11H2. The molecule has 0 atom stereocenters. The third-order valence-corrected chi connectivity index (χ3v) is 3.27. The lowest BCUT2D eigenvalue weighted by Crippen LogP contribution is -2.03. The van der Waals surface area contributed by atoms with Crippen LogP contribution >= 0.6 is 11.3 Å². The minimum absolute atomic E-state index is 0.590. The number of hydrogen-bond acceptors (Lipinski definition) is 6. The van der Waals surface area contributed by atoms with Crippen molar-refractivity contribution in [2.75, 3.05) is 6.54 Å². The smallest absolute Gasteiger partial charge is 0.234 e. The highest BCUT2D eigenvalue weighted by Crippen LogP contribution is 2.20. The Morgan fingerprint density at radius 1 is 1.35 bits per heavy atom. The molecule has 0 saturated heterocycles. The molecule has 0 saturated carbocycles. The van der Waals surface area contributed by atoms with Crippen LogP contribution in [0, 0.1) is 0 Å². The lowest BCUT2D eigenvalue weighted by atomic mass is 10.3. The fraction of sp³-hybridized carbons (Fsp3) is 0.200. The molecule has 7 heteroatoms. The Morgan fingerprint density at radius 2 is 2.29 bits per heavy atom. The third-order valence-electron chi connectivity index (χ3n) is 2.31. The number of pyridine rings is 1. The molecule has 0 unspecified atom stereocenters. The fourth-order valence-corrected chi connectivity index (χ4v) is 2.40. The van der Waals surface area contributed by atoms with Crippen molar-refractivity contribution in [3.8, 4) is 11.4 Å². The van der Waals surface area contributed by atoms with Crippen LogP contribution < -0.4 is 5.73 Å². The quantitative estimate of drug-likeness (QED) is 0.737. The van der Waals surface area contributed by atoms with E-state index in [0.29, 0.717) is 12.4 Å². The van der Waals surface area contributed by atoms with Crippen molar-refractivity contribution in [2.45, 2.75) is 6.42 Å². The van der Waals surface area contributed by atoms with Crippen molar-refractivity contribution in [1.29, 1.82) is 0 Å². The van der Waals surface area contributed by atoms with Crippen molar-refractivity contribution in [1.82, 2.24) is 24.8 Å². The molecule has 0 spiro atoms. The third kappa shape index (κ3) is 1.79. The van der Waals surface area contributed by atoms with Crippen LogP contribution in [-0.2, 0) is 6.42 Å². The highest BCUT2D eigenvalue weighted by atomic mass is 32.1. The molecule has 0 aliphatic rings. The van der Waals surface area contributed by atoms with Gasteiger partial charge in [-0.2, -0.15) is 9.61 Å². The van der Waals surface area contributed by atoms with Gasteiger partial charge >= 0.3 is 0 Å². The summed E-state index contributed by atoms with van der Waals surface area (Å²) in [6.07, 6.45) is 4.24. The Morgan fingerprint density at radius 3 is 3.06 bits per heavy atom. The molecule has 86 valence electrons. The molecule has 3 rings (SSSR count). The minimum Gasteiger partial charge on any atom is -0.330 e. The van der Waals surface area contributed by atoms with Crippen molar-refractivity contribution in [2.24, 2.45) is 5.73 Å². The summed E-state index contributed by atoms with van der Waals surface area (Å²) >= 11 is 1.52. The largest absolute Gasteiger partial charge is 0.330 e. The summed E-state index contributed by atoms with van der Waals surface area (Å²) in [5.74, 6) is 0.715. The first kappa shape index (κ1) is 10.3. The van der Waals surface area contributed by atoms with Gasteiger partial charge in [0.15, 0.2) is 5.82 Å². The molecule has 0 radical (unpaired) electrons. The van der Waals surface area contributed by atoms with Gasteiger partial charge in [-0.15, -0.1) is 10.2 Å².